The SMILES string of the molecule is CC(C)CCOc1ccc(-c2c(C(=O)O)c(N)[nH]c(=O)c2C(=O)O)cc1Cl. The van der Waals surface area contributed by atoms with Crippen molar-refractivity contribution in [2.45, 2.75) is 20.3 Å². The first-order valence-electron chi connectivity index (χ1n) is 8.08. The molecule has 0 unspecified atom stereocenters. The van der Waals surface area contributed by atoms with E-state index in [2.05, 4.69) is 0 Å². The number of carboxylic acid groups (broad SMARTS) is 2. The van der Waals surface area contributed by atoms with Crippen molar-refractivity contribution >= 4 is 29.4 Å². The van der Waals surface area contributed by atoms with E-state index in [-0.39, 0.29) is 16.1 Å². The van der Waals surface area contributed by atoms with E-state index in [1.165, 1.54) is 18.2 Å². The first-order chi connectivity index (χ1) is 12.6. The monoisotopic (exact) mass is 394 g/mol. The van der Waals surface area contributed by atoms with Crippen molar-refractivity contribution in [2.24, 2.45) is 5.92 Å². The van der Waals surface area contributed by atoms with E-state index in [1.54, 1.807) is 0 Å². The third-order valence-corrected chi connectivity index (χ3v) is 4.14. The number of benzene rings is 1. The number of pyridine rings is 1. The molecule has 0 amide bonds. The summed E-state index contributed by atoms with van der Waals surface area (Å²) in [6.07, 6.45) is 0.814. The van der Waals surface area contributed by atoms with Crippen molar-refractivity contribution in [1.29, 1.82) is 0 Å². The van der Waals surface area contributed by atoms with Gasteiger partial charge in [-0.2, -0.15) is 0 Å². The van der Waals surface area contributed by atoms with Gasteiger partial charge < -0.3 is 25.7 Å². The number of nitrogens with two attached hydrogens (primary N) is 1. The predicted molar refractivity (Wildman–Crippen MR) is 101 cm³/mol. The van der Waals surface area contributed by atoms with E-state index >= 15 is 0 Å². The molecule has 27 heavy (non-hydrogen) atoms. The molecule has 0 fully saturated rings. The number of carboxylic acids is 2. The summed E-state index contributed by atoms with van der Waals surface area (Å²) >= 11 is 6.20. The first-order valence-corrected chi connectivity index (χ1v) is 8.46. The maximum absolute atomic E-state index is 12.0. The normalized spacial score (nSPS) is 10.8. The Morgan fingerprint density at radius 2 is 1.85 bits per heavy atom. The summed E-state index contributed by atoms with van der Waals surface area (Å²) in [6, 6.07) is 4.27. The molecule has 0 spiro atoms. The van der Waals surface area contributed by atoms with Crippen molar-refractivity contribution in [3.8, 4) is 16.9 Å². The quantitative estimate of drug-likeness (QED) is 0.564. The Bertz CT molecular complexity index is 952. The fraction of sp³-hybridized carbons (Fsp3) is 0.278. The molecule has 8 nitrogen and oxygen atoms in total. The maximum atomic E-state index is 12.0. The molecular weight excluding hydrogens is 376 g/mol. The number of anilines is 1. The summed E-state index contributed by atoms with van der Waals surface area (Å²) in [4.78, 5) is 37.2. The minimum Gasteiger partial charge on any atom is -0.492 e. The Labute approximate surface area is 159 Å². The highest BCUT2D eigenvalue weighted by molar-refractivity contribution is 6.32. The van der Waals surface area contributed by atoms with Crippen LogP contribution in [0.4, 0.5) is 5.82 Å². The number of ether oxygens (including phenoxy) is 1. The molecule has 5 N–H and O–H groups in total. The molecule has 9 heteroatoms. The van der Waals surface area contributed by atoms with Crippen LogP contribution in [-0.2, 0) is 0 Å². The number of nitrogen functional groups attached to an aromatic ring is 1. The largest absolute Gasteiger partial charge is 0.492 e. The average molecular weight is 395 g/mol. The lowest BCUT2D eigenvalue weighted by Crippen LogP contribution is -2.24. The van der Waals surface area contributed by atoms with Crippen LogP contribution >= 0.6 is 11.6 Å². The molecule has 1 aromatic heterocycles. The van der Waals surface area contributed by atoms with Crippen molar-refractivity contribution in [2.75, 3.05) is 12.3 Å². The van der Waals surface area contributed by atoms with E-state index in [0.29, 0.717) is 18.3 Å². The number of halogens is 1. The van der Waals surface area contributed by atoms with Gasteiger partial charge in [-0.15, -0.1) is 0 Å². The van der Waals surface area contributed by atoms with Crippen LogP contribution in [0.25, 0.3) is 11.1 Å². The molecule has 144 valence electrons. The average Bonchev–Trinajstić information content (AvgIpc) is 2.54. The highest BCUT2D eigenvalue weighted by Crippen LogP contribution is 2.34. The van der Waals surface area contributed by atoms with Crippen LogP contribution in [0, 0.1) is 5.92 Å². The third kappa shape index (κ3) is 4.40. The van der Waals surface area contributed by atoms with Gasteiger partial charge in [-0.3, -0.25) is 4.79 Å². The van der Waals surface area contributed by atoms with E-state index in [0.717, 1.165) is 6.42 Å². The zero-order valence-corrected chi connectivity index (χ0v) is 15.5. The number of rotatable bonds is 7. The molecule has 2 aromatic rings. The molecule has 0 aliphatic rings. The molecular formula is C18H19ClN2O6. The van der Waals surface area contributed by atoms with E-state index in [9.17, 15) is 24.6 Å². The first kappa shape index (κ1) is 20.3. The van der Waals surface area contributed by atoms with Gasteiger partial charge in [0.2, 0.25) is 0 Å². The van der Waals surface area contributed by atoms with E-state index < -0.39 is 34.4 Å². The van der Waals surface area contributed by atoms with Gasteiger partial charge in [0.25, 0.3) is 5.56 Å². The second-order valence-corrected chi connectivity index (χ2v) is 6.69. The second-order valence-electron chi connectivity index (χ2n) is 6.28. The number of aromatic nitrogens is 1. The van der Waals surface area contributed by atoms with Gasteiger partial charge in [0.1, 0.15) is 22.7 Å². The Kier molecular flexibility index (Phi) is 6.12. The van der Waals surface area contributed by atoms with Gasteiger partial charge in [-0.25, -0.2) is 9.59 Å². The minimum absolute atomic E-state index is 0.129. The zero-order valence-electron chi connectivity index (χ0n) is 14.7. The summed E-state index contributed by atoms with van der Waals surface area (Å²) in [5, 5.41) is 19.0. The molecule has 0 aliphatic carbocycles. The highest BCUT2D eigenvalue weighted by atomic mass is 35.5. The third-order valence-electron chi connectivity index (χ3n) is 3.85. The van der Waals surface area contributed by atoms with Crippen LogP contribution in [0.2, 0.25) is 5.02 Å². The van der Waals surface area contributed by atoms with Crippen LogP contribution < -0.4 is 16.0 Å². The Morgan fingerprint density at radius 3 is 2.37 bits per heavy atom. The lowest BCUT2D eigenvalue weighted by molar-refractivity contribution is 0.0695. The summed E-state index contributed by atoms with van der Waals surface area (Å²) in [5.41, 5.74) is 3.17. The van der Waals surface area contributed by atoms with Crippen LogP contribution in [-0.4, -0.2) is 33.7 Å². The Balaban J connectivity index is 2.61. The van der Waals surface area contributed by atoms with Gasteiger partial charge >= 0.3 is 11.9 Å². The molecule has 2 rings (SSSR count). The molecule has 0 aliphatic heterocycles. The van der Waals surface area contributed by atoms with E-state index in [1.807, 2.05) is 18.8 Å². The van der Waals surface area contributed by atoms with Gasteiger partial charge in [-0.1, -0.05) is 31.5 Å². The zero-order chi connectivity index (χ0) is 20.3. The molecule has 1 aromatic carbocycles. The molecule has 0 saturated carbocycles. The summed E-state index contributed by atoms with van der Waals surface area (Å²) in [6.45, 7) is 4.54. The number of nitrogens with one attached hydrogen (secondary N) is 1. The molecule has 0 radical (unpaired) electrons. The predicted octanol–water partition coefficient (Wildman–Crippen LogP) is 3.10. The van der Waals surface area contributed by atoms with Gasteiger partial charge in [0, 0.05) is 5.56 Å². The fourth-order valence-corrected chi connectivity index (χ4v) is 2.75. The van der Waals surface area contributed by atoms with Crippen molar-refractivity contribution in [3.63, 3.8) is 0 Å². The fourth-order valence-electron chi connectivity index (χ4n) is 2.51. The highest BCUT2D eigenvalue weighted by Gasteiger charge is 2.26. The van der Waals surface area contributed by atoms with Crippen molar-refractivity contribution in [3.05, 3.63) is 44.7 Å². The summed E-state index contributed by atoms with van der Waals surface area (Å²) < 4.78 is 5.58. The van der Waals surface area contributed by atoms with Gasteiger partial charge in [-0.05, 0) is 30.0 Å². The lowest BCUT2D eigenvalue weighted by Gasteiger charge is -2.14. The number of carbonyl (C=O) groups is 2. The molecule has 0 saturated heterocycles. The topological polar surface area (TPSA) is 143 Å². The van der Waals surface area contributed by atoms with Crippen LogP contribution in [0.1, 0.15) is 41.0 Å². The number of H-pyrrole nitrogens is 1. The number of hydrogen-bond donors (Lipinski definition) is 4. The van der Waals surface area contributed by atoms with Crippen LogP contribution in [0.3, 0.4) is 0 Å². The molecule has 0 atom stereocenters. The second kappa shape index (κ2) is 8.13. The van der Waals surface area contributed by atoms with Crippen molar-refractivity contribution < 1.29 is 24.5 Å². The lowest BCUT2D eigenvalue weighted by atomic mass is 9.95. The smallest absolute Gasteiger partial charge is 0.342 e. The summed E-state index contributed by atoms with van der Waals surface area (Å²) in [5.74, 6) is -2.69. The van der Waals surface area contributed by atoms with Gasteiger partial charge in [0.15, 0.2) is 0 Å². The number of aromatic carboxylic acids is 2. The Morgan fingerprint density at radius 1 is 1.22 bits per heavy atom. The minimum atomic E-state index is -1.58. The van der Waals surface area contributed by atoms with Crippen LogP contribution in [0.15, 0.2) is 23.0 Å². The van der Waals surface area contributed by atoms with Crippen molar-refractivity contribution in [1.82, 2.24) is 4.98 Å². The Hall–Kier alpha value is -3.00. The molecule has 1 heterocycles. The van der Waals surface area contributed by atoms with E-state index in [4.69, 9.17) is 22.1 Å². The molecule has 0 bridgehead atoms. The summed E-state index contributed by atoms with van der Waals surface area (Å²) in [7, 11) is 0. The number of hydrogen-bond acceptors (Lipinski definition) is 5. The standard InChI is InChI=1S/C18H19ClN2O6/c1-8(2)5-6-27-11-4-3-9(7-10(11)19)12-13(17(23)24)15(20)21-16(22)14(12)18(25)26/h3-4,7-8H,5-6H2,1-2H3,(H,23,24)(H,25,26)(H3,20,21,22). The maximum Gasteiger partial charge on any atom is 0.342 e. The van der Waals surface area contributed by atoms with Gasteiger partial charge in [0.05, 0.1) is 11.6 Å². The number of aromatic amines is 1. The van der Waals surface area contributed by atoms with Crippen LogP contribution in [0.5, 0.6) is 5.75 Å².